The average Bonchev–Trinajstić information content (AvgIpc) is 2.55. The number of hydrogen-bond donors (Lipinski definition) is 2. The number of nitro benzene ring substituents is 1. The monoisotopic (exact) mass is 363 g/mol. The van der Waals surface area contributed by atoms with Crippen molar-refractivity contribution in [3.05, 3.63) is 45.1 Å². The van der Waals surface area contributed by atoms with Crippen LogP contribution in [0, 0.1) is 10.1 Å². The van der Waals surface area contributed by atoms with E-state index in [1.54, 1.807) is 11.8 Å². The third-order valence-electron chi connectivity index (χ3n) is 4.06. The van der Waals surface area contributed by atoms with Gasteiger partial charge in [0.15, 0.2) is 5.11 Å². The van der Waals surface area contributed by atoms with Gasteiger partial charge in [-0.1, -0.05) is 12.1 Å². The number of carbonyl (C=O) groups excluding carboxylic acids is 1. The van der Waals surface area contributed by atoms with Gasteiger partial charge in [0.1, 0.15) is 0 Å². The molecule has 1 atom stereocenters. The summed E-state index contributed by atoms with van der Waals surface area (Å²) in [6, 6.07) is 3.14. The molecule has 0 saturated heterocycles. The van der Waals surface area contributed by atoms with Crippen molar-refractivity contribution in [2.24, 2.45) is 0 Å². The lowest BCUT2D eigenvalue weighted by molar-refractivity contribution is -0.398. The van der Waals surface area contributed by atoms with E-state index in [-0.39, 0.29) is 5.91 Å². The maximum atomic E-state index is 12.9. The molecular formula is C16H19N4O4S-. The maximum Gasteiger partial charge on any atom is 0.262 e. The van der Waals surface area contributed by atoms with Crippen LogP contribution in [0.1, 0.15) is 32.4 Å². The second-order valence-electron chi connectivity index (χ2n) is 5.53. The molecule has 25 heavy (non-hydrogen) atoms. The van der Waals surface area contributed by atoms with Crippen molar-refractivity contribution < 1.29 is 14.8 Å². The zero-order chi connectivity index (χ0) is 18.7. The molecule has 134 valence electrons. The van der Waals surface area contributed by atoms with Crippen molar-refractivity contribution in [2.45, 2.75) is 26.8 Å². The summed E-state index contributed by atoms with van der Waals surface area (Å²) in [5.41, 5.74) is 0.908. The van der Waals surface area contributed by atoms with Crippen molar-refractivity contribution in [2.75, 3.05) is 13.1 Å². The minimum atomic E-state index is -0.728. The van der Waals surface area contributed by atoms with Gasteiger partial charge in [0.25, 0.3) is 11.6 Å². The molecule has 2 rings (SSSR count). The molecule has 1 aliphatic heterocycles. The molecule has 1 aromatic carbocycles. The van der Waals surface area contributed by atoms with Crippen LogP contribution in [-0.4, -0.2) is 33.9 Å². The summed E-state index contributed by atoms with van der Waals surface area (Å²) < 4.78 is 0. The molecule has 0 spiro atoms. The first-order valence-electron chi connectivity index (χ1n) is 7.83. The highest BCUT2D eigenvalue weighted by molar-refractivity contribution is 7.80. The number of nitrogens with one attached hydrogen (secondary N) is 2. The Morgan fingerprint density at radius 2 is 2.00 bits per heavy atom. The Bertz CT molecular complexity index is 759. The molecule has 1 aromatic rings. The quantitative estimate of drug-likeness (QED) is 0.461. The summed E-state index contributed by atoms with van der Waals surface area (Å²) in [5, 5.41) is 28.9. The van der Waals surface area contributed by atoms with E-state index in [2.05, 4.69) is 10.6 Å². The molecule has 1 amide bonds. The van der Waals surface area contributed by atoms with Crippen molar-refractivity contribution >= 4 is 28.9 Å². The van der Waals surface area contributed by atoms with Crippen LogP contribution in [0.2, 0.25) is 0 Å². The fourth-order valence-electron chi connectivity index (χ4n) is 2.77. The summed E-state index contributed by atoms with van der Waals surface area (Å²) in [6.45, 7) is 6.54. The highest BCUT2D eigenvalue weighted by atomic mass is 32.1. The van der Waals surface area contributed by atoms with Crippen LogP contribution in [0.4, 0.5) is 5.69 Å². The molecule has 0 aromatic heterocycles. The van der Waals surface area contributed by atoms with Gasteiger partial charge >= 0.3 is 0 Å². The van der Waals surface area contributed by atoms with Crippen LogP contribution in [0.25, 0.3) is 0 Å². The van der Waals surface area contributed by atoms with E-state index in [1.807, 2.05) is 13.8 Å². The Balaban J connectivity index is 2.55. The lowest BCUT2D eigenvalue weighted by Gasteiger charge is -2.33. The van der Waals surface area contributed by atoms with E-state index in [0.717, 1.165) is 6.07 Å². The zero-order valence-corrected chi connectivity index (χ0v) is 15.0. The van der Waals surface area contributed by atoms with Crippen LogP contribution < -0.4 is 15.7 Å². The molecule has 9 heteroatoms. The third kappa shape index (κ3) is 3.71. The predicted molar refractivity (Wildman–Crippen MR) is 94.8 cm³/mol. The Morgan fingerprint density at radius 1 is 1.36 bits per heavy atom. The number of nitrogens with zero attached hydrogens (tertiary/aromatic N) is 2. The Morgan fingerprint density at radius 3 is 2.56 bits per heavy atom. The Kier molecular flexibility index (Phi) is 5.58. The number of hydrogen-bond acceptors (Lipinski definition) is 5. The van der Waals surface area contributed by atoms with Gasteiger partial charge in [-0.2, -0.15) is 0 Å². The van der Waals surface area contributed by atoms with Gasteiger partial charge in [-0.15, -0.1) is 0 Å². The normalized spacial score (nSPS) is 16.9. The van der Waals surface area contributed by atoms with Gasteiger partial charge in [0.2, 0.25) is 0 Å². The van der Waals surface area contributed by atoms with Gasteiger partial charge in [0, 0.05) is 24.9 Å². The molecule has 0 bridgehead atoms. The number of benzene rings is 1. The van der Waals surface area contributed by atoms with Crippen LogP contribution >= 0.6 is 12.2 Å². The summed E-state index contributed by atoms with van der Waals surface area (Å²) in [7, 11) is 0. The van der Waals surface area contributed by atoms with Crippen LogP contribution in [-0.2, 0) is 4.79 Å². The lowest BCUT2D eigenvalue weighted by Crippen LogP contribution is -2.47. The Hall–Kier alpha value is -2.68. The average molecular weight is 363 g/mol. The summed E-state index contributed by atoms with van der Waals surface area (Å²) >= 11 is 5.16. The highest BCUT2D eigenvalue weighted by Gasteiger charge is 2.32. The minimum Gasteiger partial charge on any atom is -0.868 e. The summed E-state index contributed by atoms with van der Waals surface area (Å²) in [4.78, 5) is 24.9. The van der Waals surface area contributed by atoms with Crippen LogP contribution in [0.15, 0.2) is 29.5 Å². The second-order valence-corrected chi connectivity index (χ2v) is 5.94. The summed E-state index contributed by atoms with van der Waals surface area (Å²) in [5.74, 6) is -0.869. The van der Waals surface area contributed by atoms with E-state index in [9.17, 15) is 20.0 Å². The smallest absolute Gasteiger partial charge is 0.262 e. The third-order valence-corrected chi connectivity index (χ3v) is 4.28. The number of allylic oxidation sites excluding steroid dienone is 1. The number of carbonyl (C=O) groups is 1. The molecule has 8 nitrogen and oxygen atoms in total. The summed E-state index contributed by atoms with van der Waals surface area (Å²) in [6.07, 6.45) is 0. The van der Waals surface area contributed by atoms with Gasteiger partial charge in [-0.05, 0) is 44.3 Å². The van der Waals surface area contributed by atoms with E-state index < -0.39 is 22.4 Å². The molecule has 0 radical (unpaired) electrons. The predicted octanol–water partition coefficient (Wildman–Crippen LogP) is 1.33. The molecule has 0 fully saturated rings. The van der Waals surface area contributed by atoms with Gasteiger partial charge in [-0.3, -0.25) is 14.9 Å². The number of nitro groups is 1. The number of rotatable bonds is 5. The SMILES string of the molecule is CCN(CC)C(=O)C1=C(C)NC(=S)N[C@H]1c1ccc([O-])c([N+](=O)[O-])c1. The topological polar surface area (TPSA) is 111 Å². The molecule has 0 aliphatic carbocycles. The van der Waals surface area contributed by atoms with E-state index >= 15 is 0 Å². The zero-order valence-electron chi connectivity index (χ0n) is 14.2. The molecule has 0 unspecified atom stereocenters. The second kappa shape index (κ2) is 7.47. The fraction of sp³-hybridized carbons (Fsp3) is 0.375. The number of amides is 1. The van der Waals surface area contributed by atoms with Gasteiger partial charge in [0.05, 0.1) is 16.5 Å². The van der Waals surface area contributed by atoms with Crippen molar-refractivity contribution in [3.63, 3.8) is 0 Å². The van der Waals surface area contributed by atoms with Gasteiger partial charge < -0.3 is 20.6 Å². The largest absolute Gasteiger partial charge is 0.868 e. The molecule has 1 heterocycles. The van der Waals surface area contributed by atoms with Crippen molar-refractivity contribution in [3.8, 4) is 5.75 Å². The molecule has 2 N–H and O–H groups in total. The lowest BCUT2D eigenvalue weighted by atomic mass is 9.94. The number of likely N-dealkylation sites (N-methyl/N-ethyl adjacent to an activating group) is 1. The first-order chi connectivity index (χ1) is 11.8. The standard InChI is InChI=1S/C16H20N4O4S/c1-4-19(5-2)15(22)13-9(3)17-16(25)18-14(13)10-6-7-12(21)11(8-10)20(23)24/h6-8,14,21H,4-5H2,1-3H3,(H2,17,18,25)/p-1/t14-/m0/s1. The fourth-order valence-corrected chi connectivity index (χ4v) is 3.04. The molecule has 1 aliphatic rings. The van der Waals surface area contributed by atoms with E-state index in [0.29, 0.717) is 35.0 Å². The highest BCUT2D eigenvalue weighted by Crippen LogP contribution is 2.33. The van der Waals surface area contributed by atoms with Crippen LogP contribution in [0.5, 0.6) is 5.75 Å². The number of thiocarbonyl (C=S) groups is 1. The maximum absolute atomic E-state index is 12.9. The Labute approximate surface area is 150 Å². The molecular weight excluding hydrogens is 344 g/mol. The minimum absolute atomic E-state index is 0.191. The molecule has 0 saturated carbocycles. The van der Waals surface area contributed by atoms with Crippen molar-refractivity contribution in [1.82, 2.24) is 15.5 Å². The van der Waals surface area contributed by atoms with Gasteiger partial charge in [-0.25, -0.2) is 0 Å². The van der Waals surface area contributed by atoms with Crippen LogP contribution in [0.3, 0.4) is 0 Å². The van der Waals surface area contributed by atoms with Crippen molar-refractivity contribution in [1.29, 1.82) is 0 Å². The van der Waals surface area contributed by atoms with E-state index in [4.69, 9.17) is 12.2 Å². The van der Waals surface area contributed by atoms with E-state index in [1.165, 1.54) is 12.1 Å². The first-order valence-corrected chi connectivity index (χ1v) is 8.23. The first kappa shape index (κ1) is 18.7.